The van der Waals surface area contributed by atoms with Crippen LogP contribution in [0.1, 0.15) is 20.3 Å². The minimum Gasteiger partial charge on any atom is -0.381 e. The summed E-state index contributed by atoms with van der Waals surface area (Å²) < 4.78 is 5.33. The Bertz CT molecular complexity index is 232. The third-order valence-corrected chi connectivity index (χ3v) is 1.84. The molecular formula is C11H23N3O3. The molecule has 0 radical (unpaired) electrons. The topological polar surface area (TPSA) is 93.4 Å². The molecule has 17 heavy (non-hydrogen) atoms. The van der Waals surface area contributed by atoms with Crippen LogP contribution in [0.5, 0.6) is 0 Å². The van der Waals surface area contributed by atoms with E-state index in [2.05, 4.69) is 24.5 Å². The molecule has 100 valence electrons. The third kappa shape index (κ3) is 9.77. The highest BCUT2D eigenvalue weighted by atomic mass is 16.5. The molecule has 6 nitrogen and oxygen atoms in total. The minimum absolute atomic E-state index is 0.309. The number of ether oxygens (including phenoxy) is 1. The molecule has 0 aliphatic carbocycles. The molecule has 0 aromatic rings. The lowest BCUT2D eigenvalue weighted by atomic mass is 10.2. The first-order chi connectivity index (χ1) is 8.07. The smallest absolute Gasteiger partial charge is 0.309 e. The van der Waals surface area contributed by atoms with E-state index < -0.39 is 11.8 Å². The molecule has 0 aromatic heterocycles. The van der Waals surface area contributed by atoms with Crippen LogP contribution in [0, 0.1) is 5.92 Å². The minimum atomic E-state index is -0.640. The quantitative estimate of drug-likeness (QED) is 0.387. The summed E-state index contributed by atoms with van der Waals surface area (Å²) >= 11 is 0. The zero-order chi connectivity index (χ0) is 13.1. The number of amides is 2. The van der Waals surface area contributed by atoms with Crippen molar-refractivity contribution in [2.45, 2.75) is 20.3 Å². The number of carbonyl (C=O) groups excluding carboxylic acids is 2. The molecule has 0 unspecified atom stereocenters. The van der Waals surface area contributed by atoms with Gasteiger partial charge in [-0.1, -0.05) is 13.8 Å². The van der Waals surface area contributed by atoms with E-state index in [1.807, 2.05) is 0 Å². The molecule has 0 aliphatic rings. The maximum absolute atomic E-state index is 11.2. The fraction of sp³-hybridized carbons (Fsp3) is 0.818. The second-order valence-electron chi connectivity index (χ2n) is 4.12. The SMILES string of the molecule is CC(C)COCCCNC(=O)C(=O)NCCN. The van der Waals surface area contributed by atoms with Crippen LogP contribution in [0.4, 0.5) is 0 Å². The second-order valence-corrected chi connectivity index (χ2v) is 4.12. The van der Waals surface area contributed by atoms with Crippen LogP contribution >= 0.6 is 0 Å². The van der Waals surface area contributed by atoms with Crippen LogP contribution in [-0.2, 0) is 14.3 Å². The Hall–Kier alpha value is -1.14. The summed E-state index contributed by atoms with van der Waals surface area (Å²) in [5.41, 5.74) is 5.19. The molecule has 0 saturated carbocycles. The largest absolute Gasteiger partial charge is 0.381 e. The van der Waals surface area contributed by atoms with E-state index in [0.717, 1.165) is 0 Å². The number of hydrogen-bond acceptors (Lipinski definition) is 4. The van der Waals surface area contributed by atoms with Crippen molar-refractivity contribution in [1.82, 2.24) is 10.6 Å². The second kappa shape index (κ2) is 10.0. The maximum Gasteiger partial charge on any atom is 0.309 e. The zero-order valence-corrected chi connectivity index (χ0v) is 10.6. The number of nitrogens with two attached hydrogens (primary N) is 1. The van der Waals surface area contributed by atoms with Crippen LogP contribution < -0.4 is 16.4 Å². The first-order valence-corrected chi connectivity index (χ1v) is 5.91. The Kier molecular flexibility index (Phi) is 9.37. The predicted molar refractivity (Wildman–Crippen MR) is 65.3 cm³/mol. The van der Waals surface area contributed by atoms with Crippen molar-refractivity contribution in [2.24, 2.45) is 11.7 Å². The highest BCUT2D eigenvalue weighted by Gasteiger charge is 2.10. The molecule has 0 fully saturated rings. The van der Waals surface area contributed by atoms with Crippen molar-refractivity contribution in [1.29, 1.82) is 0 Å². The Balaban J connectivity index is 3.41. The van der Waals surface area contributed by atoms with Gasteiger partial charge in [-0.25, -0.2) is 0 Å². The predicted octanol–water partition coefficient (Wildman–Crippen LogP) is -0.760. The average molecular weight is 245 g/mol. The summed E-state index contributed by atoms with van der Waals surface area (Å²) in [6.45, 7) is 6.51. The standard InChI is InChI=1S/C11H23N3O3/c1-9(2)8-17-7-3-5-13-10(15)11(16)14-6-4-12/h9H,3-8,12H2,1-2H3,(H,13,15)(H,14,16). The van der Waals surface area contributed by atoms with Crippen molar-refractivity contribution in [3.05, 3.63) is 0 Å². The van der Waals surface area contributed by atoms with Gasteiger partial charge in [0.15, 0.2) is 0 Å². The van der Waals surface area contributed by atoms with Crippen LogP contribution in [0.3, 0.4) is 0 Å². The first kappa shape index (κ1) is 15.9. The molecule has 0 saturated heterocycles. The van der Waals surface area contributed by atoms with Gasteiger partial charge in [-0.05, 0) is 12.3 Å². The summed E-state index contributed by atoms with van der Waals surface area (Å²) in [7, 11) is 0. The van der Waals surface area contributed by atoms with E-state index in [4.69, 9.17) is 10.5 Å². The van der Waals surface area contributed by atoms with E-state index in [9.17, 15) is 9.59 Å². The summed E-state index contributed by atoms with van der Waals surface area (Å²) in [5, 5.41) is 4.90. The van der Waals surface area contributed by atoms with Gasteiger partial charge in [-0.15, -0.1) is 0 Å². The number of rotatable bonds is 8. The molecule has 0 bridgehead atoms. The van der Waals surface area contributed by atoms with Gasteiger partial charge in [-0.3, -0.25) is 9.59 Å². The average Bonchev–Trinajstić information content (AvgIpc) is 2.29. The fourth-order valence-electron chi connectivity index (χ4n) is 1.04. The maximum atomic E-state index is 11.2. The van der Waals surface area contributed by atoms with Gasteiger partial charge < -0.3 is 21.1 Å². The van der Waals surface area contributed by atoms with E-state index in [1.165, 1.54) is 0 Å². The van der Waals surface area contributed by atoms with Gasteiger partial charge in [0.2, 0.25) is 0 Å². The summed E-state index contributed by atoms with van der Waals surface area (Å²) in [6.07, 6.45) is 0.697. The lowest BCUT2D eigenvalue weighted by Gasteiger charge is -2.07. The van der Waals surface area contributed by atoms with Gasteiger partial charge in [-0.2, -0.15) is 0 Å². The highest BCUT2D eigenvalue weighted by molar-refractivity contribution is 6.35. The van der Waals surface area contributed by atoms with Gasteiger partial charge in [0.25, 0.3) is 0 Å². The van der Waals surface area contributed by atoms with Crippen molar-refractivity contribution in [3.63, 3.8) is 0 Å². The van der Waals surface area contributed by atoms with E-state index in [1.54, 1.807) is 0 Å². The van der Waals surface area contributed by atoms with Crippen LogP contribution in [0.2, 0.25) is 0 Å². The Labute approximate surface area is 102 Å². The molecule has 4 N–H and O–H groups in total. The Morgan fingerprint density at radius 1 is 1.18 bits per heavy atom. The number of nitrogens with one attached hydrogen (secondary N) is 2. The summed E-state index contributed by atoms with van der Waals surface area (Å²) in [4.78, 5) is 22.3. The van der Waals surface area contributed by atoms with Crippen molar-refractivity contribution < 1.29 is 14.3 Å². The van der Waals surface area contributed by atoms with E-state index >= 15 is 0 Å². The number of carbonyl (C=O) groups is 2. The van der Waals surface area contributed by atoms with Crippen molar-refractivity contribution >= 4 is 11.8 Å². The molecule has 6 heteroatoms. The molecule has 0 rings (SSSR count). The van der Waals surface area contributed by atoms with Crippen LogP contribution in [0.25, 0.3) is 0 Å². The van der Waals surface area contributed by atoms with Gasteiger partial charge in [0.1, 0.15) is 0 Å². The molecule has 0 atom stereocenters. The molecule has 0 aliphatic heterocycles. The summed E-state index contributed by atoms with van der Waals surface area (Å²) in [6, 6.07) is 0. The molecular weight excluding hydrogens is 222 g/mol. The summed E-state index contributed by atoms with van der Waals surface area (Å²) in [5.74, 6) is -0.757. The number of hydrogen-bond donors (Lipinski definition) is 3. The molecule has 0 aromatic carbocycles. The monoisotopic (exact) mass is 245 g/mol. The Morgan fingerprint density at radius 2 is 1.76 bits per heavy atom. The van der Waals surface area contributed by atoms with Crippen molar-refractivity contribution in [2.75, 3.05) is 32.8 Å². The van der Waals surface area contributed by atoms with E-state index in [0.29, 0.717) is 45.2 Å². The fourth-order valence-corrected chi connectivity index (χ4v) is 1.04. The zero-order valence-electron chi connectivity index (χ0n) is 10.6. The molecule has 2 amide bonds. The molecule has 0 heterocycles. The molecule has 0 spiro atoms. The van der Waals surface area contributed by atoms with Gasteiger partial charge in [0, 0.05) is 32.8 Å². The van der Waals surface area contributed by atoms with E-state index in [-0.39, 0.29) is 0 Å². The van der Waals surface area contributed by atoms with Gasteiger partial charge >= 0.3 is 11.8 Å². The third-order valence-electron chi connectivity index (χ3n) is 1.84. The lowest BCUT2D eigenvalue weighted by Crippen LogP contribution is -2.42. The highest BCUT2D eigenvalue weighted by Crippen LogP contribution is 1.92. The van der Waals surface area contributed by atoms with Gasteiger partial charge in [0.05, 0.1) is 0 Å². The Morgan fingerprint density at radius 3 is 2.29 bits per heavy atom. The normalized spacial score (nSPS) is 10.4. The van der Waals surface area contributed by atoms with Crippen LogP contribution in [-0.4, -0.2) is 44.7 Å². The lowest BCUT2D eigenvalue weighted by molar-refractivity contribution is -0.139. The first-order valence-electron chi connectivity index (χ1n) is 5.91. The van der Waals surface area contributed by atoms with Crippen LogP contribution in [0.15, 0.2) is 0 Å². The van der Waals surface area contributed by atoms with Crippen molar-refractivity contribution in [3.8, 4) is 0 Å².